The monoisotopic (exact) mass is 212 g/mol. The van der Waals surface area contributed by atoms with Crippen molar-refractivity contribution in [1.29, 1.82) is 0 Å². The number of carbonyl (C=O) groups is 1. The number of aromatic nitrogens is 1. The van der Waals surface area contributed by atoms with Crippen molar-refractivity contribution < 1.29 is 9.36 Å². The Morgan fingerprint density at radius 3 is 2.75 bits per heavy atom. The molecule has 1 aliphatic carbocycles. The summed E-state index contributed by atoms with van der Waals surface area (Å²) in [7, 11) is 0. The first-order valence-corrected chi connectivity index (χ1v) is 5.74. The molecular weight excluding hydrogens is 198 g/mol. The normalized spacial score (nSPS) is 15.2. The summed E-state index contributed by atoms with van der Waals surface area (Å²) in [5, 5.41) is 1.19. The minimum Gasteiger partial charge on any atom is -0.292 e. The molecule has 1 aromatic carbocycles. The van der Waals surface area contributed by atoms with Crippen molar-refractivity contribution in [3.8, 4) is 0 Å². The second-order valence-corrected chi connectivity index (χ2v) is 4.44. The smallest absolute Gasteiger partial charge is 0.212 e. The highest BCUT2D eigenvalue weighted by atomic mass is 16.1. The number of rotatable bonds is 3. The van der Waals surface area contributed by atoms with Crippen LogP contribution in [0.4, 0.5) is 0 Å². The Kier molecular flexibility index (Phi) is 2.21. The summed E-state index contributed by atoms with van der Waals surface area (Å²) in [5.74, 6) is 0.716. The molecule has 1 saturated carbocycles. The highest BCUT2D eigenvalue weighted by Crippen LogP contribution is 2.29. The first-order chi connectivity index (χ1) is 7.84. The van der Waals surface area contributed by atoms with Crippen molar-refractivity contribution in [2.45, 2.75) is 19.4 Å². The van der Waals surface area contributed by atoms with E-state index in [2.05, 4.69) is 22.8 Å². The van der Waals surface area contributed by atoms with E-state index >= 15 is 0 Å². The van der Waals surface area contributed by atoms with Crippen LogP contribution in [-0.2, 0) is 11.3 Å². The van der Waals surface area contributed by atoms with E-state index in [1.54, 1.807) is 0 Å². The van der Waals surface area contributed by atoms with Crippen LogP contribution in [-0.4, -0.2) is 5.78 Å². The lowest BCUT2D eigenvalue weighted by molar-refractivity contribution is -0.658. The van der Waals surface area contributed by atoms with Gasteiger partial charge in [-0.05, 0) is 25.0 Å². The van der Waals surface area contributed by atoms with Crippen LogP contribution in [0, 0.1) is 5.92 Å². The van der Waals surface area contributed by atoms with Crippen molar-refractivity contribution in [2.24, 2.45) is 5.92 Å². The lowest BCUT2D eigenvalue weighted by atomic mass is 10.2. The minimum atomic E-state index is 0.339. The second-order valence-electron chi connectivity index (χ2n) is 4.44. The fourth-order valence-corrected chi connectivity index (χ4v) is 2.06. The van der Waals surface area contributed by atoms with Crippen LogP contribution in [0.2, 0.25) is 0 Å². The summed E-state index contributed by atoms with van der Waals surface area (Å²) in [6, 6.07) is 12.3. The van der Waals surface area contributed by atoms with E-state index in [1.165, 1.54) is 5.39 Å². The van der Waals surface area contributed by atoms with Gasteiger partial charge in [-0.2, -0.15) is 4.57 Å². The van der Waals surface area contributed by atoms with E-state index in [-0.39, 0.29) is 0 Å². The molecule has 0 spiro atoms. The number of ketones is 1. The average molecular weight is 212 g/mol. The van der Waals surface area contributed by atoms with E-state index in [1.807, 2.05) is 24.4 Å². The Hall–Kier alpha value is -1.70. The molecule has 2 aromatic rings. The number of hydrogen-bond donors (Lipinski definition) is 0. The van der Waals surface area contributed by atoms with Crippen LogP contribution in [0.1, 0.15) is 12.8 Å². The third-order valence-corrected chi connectivity index (χ3v) is 3.15. The molecule has 1 heterocycles. The third-order valence-electron chi connectivity index (χ3n) is 3.15. The Labute approximate surface area is 94.5 Å². The first kappa shape index (κ1) is 9.52. The van der Waals surface area contributed by atoms with Crippen LogP contribution in [0.15, 0.2) is 42.6 Å². The molecule has 0 amide bonds. The highest BCUT2D eigenvalue weighted by Gasteiger charge is 2.31. The maximum atomic E-state index is 11.8. The highest BCUT2D eigenvalue weighted by molar-refractivity contribution is 5.82. The predicted octanol–water partition coefficient (Wildman–Crippen LogP) is 2.11. The summed E-state index contributed by atoms with van der Waals surface area (Å²) in [6.07, 6.45) is 4.16. The van der Waals surface area contributed by atoms with E-state index in [0.29, 0.717) is 18.2 Å². The molecule has 0 radical (unpaired) electrons. The molecule has 0 N–H and O–H groups in total. The first-order valence-electron chi connectivity index (χ1n) is 5.74. The SMILES string of the molecule is O=C(C[n+]1cccc2ccccc21)C1CC1. The molecule has 80 valence electrons. The summed E-state index contributed by atoms with van der Waals surface area (Å²) in [6.45, 7) is 0.520. The van der Waals surface area contributed by atoms with Crippen molar-refractivity contribution in [3.05, 3.63) is 42.6 Å². The second kappa shape index (κ2) is 3.71. The van der Waals surface area contributed by atoms with Gasteiger partial charge in [-0.1, -0.05) is 12.1 Å². The molecule has 0 atom stereocenters. The van der Waals surface area contributed by atoms with Gasteiger partial charge in [0.1, 0.15) is 0 Å². The molecule has 0 aliphatic heterocycles. The van der Waals surface area contributed by atoms with Crippen molar-refractivity contribution in [2.75, 3.05) is 0 Å². The third kappa shape index (κ3) is 1.71. The maximum absolute atomic E-state index is 11.8. The number of para-hydroxylation sites is 1. The van der Waals surface area contributed by atoms with Crippen molar-refractivity contribution in [3.63, 3.8) is 0 Å². The van der Waals surface area contributed by atoms with Gasteiger partial charge in [0.25, 0.3) is 0 Å². The Morgan fingerprint density at radius 1 is 1.19 bits per heavy atom. The van der Waals surface area contributed by atoms with Gasteiger partial charge in [-0.3, -0.25) is 4.79 Å². The fourth-order valence-electron chi connectivity index (χ4n) is 2.06. The maximum Gasteiger partial charge on any atom is 0.212 e. The topological polar surface area (TPSA) is 20.9 Å². The summed E-state index contributed by atoms with van der Waals surface area (Å²) >= 11 is 0. The van der Waals surface area contributed by atoms with Gasteiger partial charge in [0.05, 0.1) is 0 Å². The van der Waals surface area contributed by atoms with E-state index in [4.69, 9.17) is 0 Å². The fraction of sp³-hybridized carbons (Fsp3) is 0.286. The lowest BCUT2D eigenvalue weighted by Gasteiger charge is -1.99. The van der Waals surface area contributed by atoms with Crippen LogP contribution in [0.5, 0.6) is 0 Å². The molecule has 3 rings (SSSR count). The number of hydrogen-bond acceptors (Lipinski definition) is 1. The number of carbonyl (C=O) groups excluding carboxylic acids is 1. The van der Waals surface area contributed by atoms with Crippen LogP contribution in [0.3, 0.4) is 0 Å². The van der Waals surface area contributed by atoms with E-state index in [9.17, 15) is 4.79 Å². The van der Waals surface area contributed by atoms with Crippen LogP contribution in [0.25, 0.3) is 10.9 Å². The number of fused-ring (bicyclic) bond motifs is 1. The predicted molar refractivity (Wildman–Crippen MR) is 61.9 cm³/mol. The Bertz CT molecular complexity index is 538. The zero-order valence-corrected chi connectivity index (χ0v) is 9.10. The number of nitrogens with zero attached hydrogens (tertiary/aromatic N) is 1. The molecule has 0 bridgehead atoms. The van der Waals surface area contributed by atoms with Crippen molar-refractivity contribution >= 4 is 16.7 Å². The summed E-state index contributed by atoms with van der Waals surface area (Å²) < 4.78 is 2.05. The number of pyridine rings is 1. The zero-order chi connectivity index (χ0) is 11.0. The Morgan fingerprint density at radius 2 is 1.94 bits per heavy atom. The minimum absolute atomic E-state index is 0.339. The van der Waals surface area contributed by atoms with Gasteiger partial charge in [0.15, 0.2) is 6.20 Å². The largest absolute Gasteiger partial charge is 0.292 e. The van der Waals surface area contributed by atoms with Gasteiger partial charge >= 0.3 is 0 Å². The van der Waals surface area contributed by atoms with E-state index < -0.39 is 0 Å². The average Bonchev–Trinajstić information content (AvgIpc) is 3.13. The van der Waals surface area contributed by atoms with Crippen LogP contribution < -0.4 is 4.57 Å². The molecule has 1 aliphatic rings. The van der Waals surface area contributed by atoms with Gasteiger partial charge in [-0.15, -0.1) is 0 Å². The quantitative estimate of drug-likeness (QED) is 0.714. The van der Waals surface area contributed by atoms with Crippen molar-refractivity contribution in [1.82, 2.24) is 0 Å². The van der Waals surface area contributed by atoms with Crippen LogP contribution >= 0.6 is 0 Å². The summed E-state index contributed by atoms with van der Waals surface area (Å²) in [5.41, 5.74) is 1.14. The molecule has 0 saturated heterocycles. The molecule has 1 fully saturated rings. The van der Waals surface area contributed by atoms with E-state index in [0.717, 1.165) is 18.4 Å². The molecule has 2 heteroatoms. The molecule has 0 unspecified atom stereocenters. The van der Waals surface area contributed by atoms with Gasteiger partial charge in [-0.25, -0.2) is 0 Å². The molecule has 1 aromatic heterocycles. The number of Topliss-reactive ketones (excluding diaryl/α,β-unsaturated/α-hetero) is 1. The van der Waals surface area contributed by atoms with Gasteiger partial charge in [0, 0.05) is 23.4 Å². The summed E-state index contributed by atoms with van der Waals surface area (Å²) in [4.78, 5) is 11.8. The number of benzene rings is 1. The molecule has 16 heavy (non-hydrogen) atoms. The lowest BCUT2D eigenvalue weighted by Crippen LogP contribution is -2.38. The Balaban J connectivity index is 1.99. The van der Waals surface area contributed by atoms with Gasteiger partial charge in [0.2, 0.25) is 17.8 Å². The zero-order valence-electron chi connectivity index (χ0n) is 9.10. The standard InChI is InChI=1S/C14H14NO/c16-14(12-7-8-12)10-15-9-3-5-11-4-1-2-6-13(11)15/h1-6,9,12H,7-8,10H2/q+1. The van der Waals surface area contributed by atoms with Gasteiger partial charge < -0.3 is 0 Å². The molecule has 2 nitrogen and oxygen atoms in total. The molecular formula is C14H14NO+.